The highest BCUT2D eigenvalue weighted by Crippen LogP contribution is 2.30. The first-order valence-electron chi connectivity index (χ1n) is 7.12. The molecule has 0 atom stereocenters. The summed E-state index contributed by atoms with van der Waals surface area (Å²) in [6.07, 6.45) is -5.50. The monoisotopic (exact) mass is 362 g/mol. The Bertz CT molecular complexity index is 604. The highest BCUT2D eigenvalue weighted by atomic mass is 32.2. The molecular weight excluding hydrogens is 345 g/mol. The Morgan fingerprint density at radius 3 is 2.75 bits per heavy atom. The number of hydrogen-bond acceptors (Lipinski definition) is 5. The average Bonchev–Trinajstić information content (AvgIpc) is 2.53. The first-order valence-corrected chi connectivity index (χ1v) is 8.28. The summed E-state index contributed by atoms with van der Waals surface area (Å²) in [4.78, 5) is 18.2. The fraction of sp³-hybridized carbons (Fsp3) is 0.429. The topological polar surface area (TPSA) is 79.9 Å². The highest BCUT2D eigenvalue weighted by molar-refractivity contribution is 7.99. The number of benzene rings is 1. The number of alkyl halides is 3. The molecule has 0 unspecified atom stereocenters. The van der Waals surface area contributed by atoms with Crippen LogP contribution in [0.3, 0.4) is 0 Å². The summed E-state index contributed by atoms with van der Waals surface area (Å²) in [5.41, 5.74) is 4.76. The minimum Gasteiger partial charge on any atom is -0.383 e. The predicted molar refractivity (Wildman–Crippen MR) is 86.9 cm³/mol. The summed E-state index contributed by atoms with van der Waals surface area (Å²) in [7, 11) is 0. The molecule has 1 aromatic carbocycles. The van der Waals surface area contributed by atoms with Crippen molar-refractivity contribution in [3.05, 3.63) is 29.8 Å². The lowest BCUT2D eigenvalue weighted by Gasteiger charge is -2.25. The molecule has 1 amide bonds. The van der Waals surface area contributed by atoms with Gasteiger partial charge in [-0.15, -0.1) is 0 Å². The van der Waals surface area contributed by atoms with Crippen LogP contribution in [0.15, 0.2) is 29.4 Å². The van der Waals surface area contributed by atoms with Crippen LogP contribution < -0.4 is 11.1 Å². The number of nitrogens with two attached hydrogens (primary N) is 1. The molecule has 132 valence electrons. The molecule has 0 saturated carbocycles. The zero-order valence-corrected chi connectivity index (χ0v) is 13.5. The number of oxime groups is 1. The third-order valence-electron chi connectivity index (χ3n) is 3.17. The zero-order valence-electron chi connectivity index (χ0n) is 12.7. The van der Waals surface area contributed by atoms with E-state index in [0.717, 1.165) is 36.7 Å². The van der Waals surface area contributed by atoms with E-state index in [1.165, 1.54) is 12.1 Å². The second-order valence-electron chi connectivity index (χ2n) is 5.05. The van der Waals surface area contributed by atoms with Crippen molar-refractivity contribution in [2.75, 3.05) is 36.5 Å². The molecule has 0 aromatic heterocycles. The SMILES string of the molecule is NC(CN1CCSCC1)=NOC(=O)Nc1cccc(C(F)(F)F)c1. The van der Waals surface area contributed by atoms with Crippen LogP contribution in [0.1, 0.15) is 5.56 Å². The third-order valence-corrected chi connectivity index (χ3v) is 4.11. The van der Waals surface area contributed by atoms with Gasteiger partial charge in [0.15, 0.2) is 5.84 Å². The van der Waals surface area contributed by atoms with E-state index >= 15 is 0 Å². The number of nitrogens with zero attached hydrogens (tertiary/aromatic N) is 2. The highest BCUT2D eigenvalue weighted by Gasteiger charge is 2.30. The molecule has 1 heterocycles. The number of amides is 1. The van der Waals surface area contributed by atoms with E-state index in [1.807, 2.05) is 11.8 Å². The minimum absolute atomic E-state index is 0.0448. The van der Waals surface area contributed by atoms with Gasteiger partial charge in [0.05, 0.1) is 12.1 Å². The van der Waals surface area contributed by atoms with E-state index in [0.29, 0.717) is 6.54 Å². The molecule has 3 N–H and O–H groups in total. The van der Waals surface area contributed by atoms with Crippen molar-refractivity contribution < 1.29 is 22.8 Å². The van der Waals surface area contributed by atoms with Gasteiger partial charge in [-0.2, -0.15) is 24.9 Å². The lowest BCUT2D eigenvalue weighted by molar-refractivity contribution is -0.137. The van der Waals surface area contributed by atoms with Crippen LogP contribution in [0, 0.1) is 0 Å². The van der Waals surface area contributed by atoms with Crippen LogP contribution >= 0.6 is 11.8 Å². The Hall–Kier alpha value is -1.94. The third kappa shape index (κ3) is 5.93. The van der Waals surface area contributed by atoms with E-state index < -0.39 is 17.8 Å². The molecule has 0 aliphatic carbocycles. The molecular formula is C14H17F3N4O2S. The largest absolute Gasteiger partial charge is 0.437 e. The number of hydrogen-bond donors (Lipinski definition) is 2. The van der Waals surface area contributed by atoms with E-state index in [9.17, 15) is 18.0 Å². The number of nitrogens with one attached hydrogen (secondary N) is 1. The van der Waals surface area contributed by atoms with E-state index in [1.54, 1.807) is 0 Å². The number of thioether (sulfide) groups is 1. The molecule has 2 rings (SSSR count). The van der Waals surface area contributed by atoms with Gasteiger partial charge >= 0.3 is 12.3 Å². The van der Waals surface area contributed by atoms with Gasteiger partial charge in [-0.3, -0.25) is 15.1 Å². The molecule has 0 bridgehead atoms. The van der Waals surface area contributed by atoms with E-state index in [2.05, 4.69) is 20.2 Å². The quantitative estimate of drug-likeness (QED) is 0.372. The fourth-order valence-electron chi connectivity index (χ4n) is 2.03. The van der Waals surface area contributed by atoms with Crippen LogP contribution in [-0.4, -0.2) is 48.0 Å². The van der Waals surface area contributed by atoms with E-state index in [-0.39, 0.29) is 11.5 Å². The smallest absolute Gasteiger partial charge is 0.383 e. The first-order chi connectivity index (χ1) is 11.3. The fourth-order valence-corrected chi connectivity index (χ4v) is 3.01. The molecule has 10 heteroatoms. The Labute approximate surface area is 141 Å². The summed E-state index contributed by atoms with van der Waals surface area (Å²) in [5, 5.41) is 5.67. The molecule has 1 aliphatic heterocycles. The summed E-state index contributed by atoms with van der Waals surface area (Å²) < 4.78 is 37.8. The Morgan fingerprint density at radius 1 is 1.38 bits per heavy atom. The van der Waals surface area contributed by atoms with E-state index in [4.69, 9.17) is 5.73 Å². The van der Waals surface area contributed by atoms with Gasteiger partial charge in [-0.25, -0.2) is 4.79 Å². The van der Waals surface area contributed by atoms with Crippen molar-refractivity contribution in [1.29, 1.82) is 0 Å². The van der Waals surface area contributed by atoms with Gasteiger partial charge in [-0.05, 0) is 18.2 Å². The molecule has 1 fully saturated rings. The van der Waals surface area contributed by atoms with Gasteiger partial charge in [0.2, 0.25) is 0 Å². The second kappa shape index (κ2) is 8.25. The van der Waals surface area contributed by atoms with Gasteiger partial charge < -0.3 is 5.73 Å². The van der Waals surface area contributed by atoms with Crippen LogP contribution in [0.5, 0.6) is 0 Å². The van der Waals surface area contributed by atoms with Crippen molar-refractivity contribution >= 4 is 29.4 Å². The number of amidine groups is 1. The number of anilines is 1. The van der Waals surface area contributed by atoms with Gasteiger partial charge in [0.25, 0.3) is 0 Å². The summed E-state index contributed by atoms with van der Waals surface area (Å²) in [5.74, 6) is 2.13. The molecule has 1 aromatic rings. The number of carbonyl (C=O) groups is 1. The number of rotatable bonds is 4. The molecule has 6 nitrogen and oxygen atoms in total. The summed E-state index contributed by atoms with van der Waals surface area (Å²) >= 11 is 1.85. The van der Waals surface area contributed by atoms with Gasteiger partial charge in [0, 0.05) is 30.3 Å². The Balaban J connectivity index is 1.85. The second-order valence-corrected chi connectivity index (χ2v) is 6.28. The normalized spacial score (nSPS) is 16.7. The lowest BCUT2D eigenvalue weighted by atomic mass is 10.2. The summed E-state index contributed by atoms with van der Waals surface area (Å²) in [6.45, 7) is 2.12. The van der Waals surface area contributed by atoms with Crippen molar-refractivity contribution in [2.45, 2.75) is 6.18 Å². The maximum absolute atomic E-state index is 12.6. The maximum Gasteiger partial charge on any atom is 0.437 e. The van der Waals surface area contributed by atoms with Gasteiger partial charge in [0.1, 0.15) is 0 Å². The summed E-state index contributed by atoms with van der Waals surface area (Å²) in [6, 6.07) is 4.21. The van der Waals surface area contributed by atoms with Crippen molar-refractivity contribution in [2.24, 2.45) is 10.9 Å². The van der Waals surface area contributed by atoms with Crippen molar-refractivity contribution in [1.82, 2.24) is 4.90 Å². The Kier molecular flexibility index (Phi) is 6.32. The van der Waals surface area contributed by atoms with Crippen LogP contribution in [0.2, 0.25) is 0 Å². The standard InChI is InChI=1S/C14H17F3N4O2S/c15-14(16,17)10-2-1-3-11(8-10)19-13(22)23-20-12(18)9-21-4-6-24-7-5-21/h1-3,8H,4-7,9H2,(H2,18,20)(H,19,22). The van der Waals surface area contributed by atoms with Gasteiger partial charge in [-0.1, -0.05) is 11.2 Å². The maximum atomic E-state index is 12.6. The van der Waals surface area contributed by atoms with Crippen molar-refractivity contribution in [3.63, 3.8) is 0 Å². The number of halogens is 3. The van der Waals surface area contributed by atoms with Crippen LogP contribution in [0.25, 0.3) is 0 Å². The molecule has 24 heavy (non-hydrogen) atoms. The zero-order chi connectivity index (χ0) is 17.6. The average molecular weight is 362 g/mol. The van der Waals surface area contributed by atoms with Crippen molar-refractivity contribution in [3.8, 4) is 0 Å². The lowest BCUT2D eigenvalue weighted by Crippen LogP contribution is -2.39. The molecule has 1 saturated heterocycles. The minimum atomic E-state index is -4.49. The molecule has 0 spiro atoms. The number of carbonyl (C=O) groups excluding carboxylic acids is 1. The predicted octanol–water partition coefficient (Wildman–Crippen LogP) is 2.57. The molecule has 0 radical (unpaired) electrons. The van der Waals surface area contributed by atoms with Crippen LogP contribution in [-0.2, 0) is 11.0 Å². The molecule has 1 aliphatic rings. The van der Waals surface area contributed by atoms with Crippen LogP contribution in [0.4, 0.5) is 23.7 Å². The Morgan fingerprint density at radius 2 is 2.08 bits per heavy atom. The first kappa shape index (κ1) is 18.4.